The third-order valence-electron chi connectivity index (χ3n) is 6.05. The van der Waals surface area contributed by atoms with Crippen molar-refractivity contribution in [2.24, 2.45) is 0 Å². The number of H-pyrrole nitrogens is 1. The van der Waals surface area contributed by atoms with Crippen LogP contribution in [0.5, 0.6) is 0 Å². The molecule has 2 N–H and O–H groups in total. The predicted molar refractivity (Wildman–Crippen MR) is 124 cm³/mol. The van der Waals surface area contributed by atoms with Crippen molar-refractivity contribution in [2.45, 2.75) is 44.2 Å². The molecule has 1 aliphatic carbocycles. The molecule has 0 radical (unpaired) electrons. The average molecular weight is 450 g/mol. The molecule has 1 amide bonds. The van der Waals surface area contributed by atoms with Gasteiger partial charge in [-0.3, -0.25) is 19.8 Å². The highest BCUT2D eigenvalue weighted by atomic mass is 16.2. The summed E-state index contributed by atoms with van der Waals surface area (Å²) < 4.78 is 0. The van der Waals surface area contributed by atoms with Gasteiger partial charge in [0.2, 0.25) is 17.8 Å². The van der Waals surface area contributed by atoms with Crippen LogP contribution in [0.3, 0.4) is 0 Å². The van der Waals surface area contributed by atoms with E-state index < -0.39 is 5.54 Å². The Morgan fingerprint density at radius 2 is 2.00 bits per heavy atom. The Balaban J connectivity index is 1.51. The Labute approximate surface area is 191 Å². The molecule has 1 saturated carbocycles. The number of carbonyl (C=O) groups excluding carboxylic acids is 1. The molecule has 1 unspecified atom stereocenters. The van der Waals surface area contributed by atoms with E-state index in [1.165, 1.54) is 6.20 Å². The normalized spacial score (nSPS) is 20.0. The van der Waals surface area contributed by atoms with Crippen molar-refractivity contribution in [1.82, 2.24) is 35.1 Å². The number of carbonyl (C=O) groups is 1. The van der Waals surface area contributed by atoms with Gasteiger partial charge < -0.3 is 15.1 Å². The molecule has 0 aromatic carbocycles. The Hall–Kier alpha value is -3.83. The molecule has 2 aliphatic rings. The number of amides is 1. The van der Waals surface area contributed by atoms with Crippen molar-refractivity contribution in [3.63, 3.8) is 0 Å². The Morgan fingerprint density at radius 1 is 1.18 bits per heavy atom. The van der Waals surface area contributed by atoms with Crippen molar-refractivity contribution >= 4 is 35.4 Å². The van der Waals surface area contributed by atoms with Gasteiger partial charge in [0.05, 0.1) is 12.4 Å². The first kappa shape index (κ1) is 21.0. The number of aromatic nitrogens is 7. The van der Waals surface area contributed by atoms with E-state index in [1.54, 1.807) is 18.6 Å². The summed E-state index contributed by atoms with van der Waals surface area (Å²) in [5.74, 6) is 2.64. The van der Waals surface area contributed by atoms with Crippen LogP contribution in [0, 0.1) is 0 Å². The van der Waals surface area contributed by atoms with Crippen LogP contribution in [0.1, 0.15) is 32.6 Å². The Bertz CT molecular complexity index is 1120. The number of hydrogen-bond acceptors (Lipinski definition) is 10. The van der Waals surface area contributed by atoms with E-state index >= 15 is 0 Å². The molecular formula is C21H27N11O. The summed E-state index contributed by atoms with van der Waals surface area (Å²) in [4.78, 5) is 41.7. The molecule has 1 atom stereocenters. The summed E-state index contributed by atoms with van der Waals surface area (Å²) in [5, 5.41) is 10.0. The Morgan fingerprint density at radius 3 is 2.67 bits per heavy atom. The van der Waals surface area contributed by atoms with Gasteiger partial charge in [-0.05, 0) is 32.6 Å². The largest absolute Gasteiger partial charge is 0.347 e. The van der Waals surface area contributed by atoms with E-state index in [1.807, 2.05) is 36.9 Å². The maximum Gasteiger partial charge on any atom is 0.251 e. The molecule has 0 spiro atoms. The number of rotatable bonds is 7. The van der Waals surface area contributed by atoms with Crippen LogP contribution < -0.4 is 20.0 Å². The first-order valence-electron chi connectivity index (χ1n) is 11.0. The summed E-state index contributed by atoms with van der Waals surface area (Å²) >= 11 is 0. The van der Waals surface area contributed by atoms with Gasteiger partial charge in [0.25, 0.3) is 5.91 Å². The lowest BCUT2D eigenvalue weighted by Crippen LogP contribution is -2.52. The fraction of sp³-hybridized carbons (Fsp3) is 0.476. The van der Waals surface area contributed by atoms with E-state index in [0.717, 1.165) is 25.1 Å². The highest BCUT2D eigenvalue weighted by molar-refractivity contribution is 5.99. The van der Waals surface area contributed by atoms with Gasteiger partial charge in [0.15, 0.2) is 5.82 Å². The van der Waals surface area contributed by atoms with Crippen LogP contribution in [-0.4, -0.2) is 73.2 Å². The van der Waals surface area contributed by atoms with E-state index in [-0.39, 0.29) is 5.91 Å². The molecule has 12 nitrogen and oxygen atoms in total. The molecule has 172 valence electrons. The quantitative estimate of drug-likeness (QED) is 0.550. The van der Waals surface area contributed by atoms with Gasteiger partial charge in [-0.2, -0.15) is 20.1 Å². The van der Waals surface area contributed by atoms with Crippen molar-refractivity contribution < 1.29 is 4.79 Å². The minimum atomic E-state index is -0.835. The summed E-state index contributed by atoms with van der Waals surface area (Å²) in [6.07, 6.45) is 9.99. The van der Waals surface area contributed by atoms with Crippen LogP contribution in [0.2, 0.25) is 0 Å². The molecule has 33 heavy (non-hydrogen) atoms. The molecule has 5 rings (SSSR count). The standard InChI is InChI=1S/C21H27N11O/c1-21(17(33)25-15-13-22-10-11-23-15)8-4-12-31(21)19-26-18(30(2)3)27-20(28-19)32(14-5-6-14)16-7-9-24-29-16/h7,9-11,13-14H,4-6,8,12H2,1-3H3,(H,24,29)(H,23,25,33). The first-order chi connectivity index (χ1) is 16.0. The lowest BCUT2D eigenvalue weighted by atomic mass is 9.98. The number of nitrogens with zero attached hydrogens (tertiary/aromatic N) is 9. The van der Waals surface area contributed by atoms with E-state index in [2.05, 4.69) is 30.4 Å². The van der Waals surface area contributed by atoms with Crippen LogP contribution in [-0.2, 0) is 4.79 Å². The molecular weight excluding hydrogens is 422 g/mol. The SMILES string of the molecule is CN(C)c1nc(N(c2ccn[nH]2)C2CC2)nc(N2CCCC2(C)C(=O)Nc2cnccn2)n1. The maximum absolute atomic E-state index is 13.3. The third-order valence-corrected chi connectivity index (χ3v) is 6.05. The number of aromatic amines is 1. The lowest BCUT2D eigenvalue weighted by molar-refractivity contribution is -0.120. The highest BCUT2D eigenvalue weighted by Gasteiger charge is 2.45. The van der Waals surface area contributed by atoms with Crippen molar-refractivity contribution in [2.75, 3.05) is 40.7 Å². The molecule has 0 bridgehead atoms. The fourth-order valence-electron chi connectivity index (χ4n) is 4.09. The molecule has 1 saturated heterocycles. The van der Waals surface area contributed by atoms with Crippen LogP contribution in [0.15, 0.2) is 30.9 Å². The molecule has 2 fully saturated rings. The van der Waals surface area contributed by atoms with Gasteiger partial charge in [-0.25, -0.2) is 4.98 Å². The second-order valence-corrected chi connectivity index (χ2v) is 8.75. The summed E-state index contributed by atoms with van der Waals surface area (Å²) in [5.41, 5.74) is -0.835. The fourth-order valence-corrected chi connectivity index (χ4v) is 4.09. The zero-order valence-electron chi connectivity index (χ0n) is 18.9. The summed E-state index contributed by atoms with van der Waals surface area (Å²) in [7, 11) is 3.79. The zero-order chi connectivity index (χ0) is 23.0. The molecule has 3 aromatic heterocycles. The summed E-state index contributed by atoms with van der Waals surface area (Å²) in [6, 6.07) is 2.21. The van der Waals surface area contributed by atoms with Gasteiger partial charge in [-0.15, -0.1) is 0 Å². The third kappa shape index (κ3) is 4.03. The molecule has 3 aromatic rings. The van der Waals surface area contributed by atoms with Gasteiger partial charge in [0, 0.05) is 45.1 Å². The maximum atomic E-state index is 13.3. The van der Waals surface area contributed by atoms with Gasteiger partial charge >= 0.3 is 0 Å². The first-order valence-corrected chi connectivity index (χ1v) is 11.0. The second kappa shape index (κ2) is 8.26. The topological polar surface area (TPSA) is 132 Å². The average Bonchev–Trinajstić information content (AvgIpc) is 3.32. The number of anilines is 5. The summed E-state index contributed by atoms with van der Waals surface area (Å²) in [6.45, 7) is 2.58. The van der Waals surface area contributed by atoms with E-state index in [9.17, 15) is 4.79 Å². The monoisotopic (exact) mass is 449 g/mol. The van der Waals surface area contributed by atoms with E-state index in [0.29, 0.717) is 42.7 Å². The second-order valence-electron chi connectivity index (χ2n) is 8.75. The molecule has 1 aliphatic heterocycles. The van der Waals surface area contributed by atoms with Crippen molar-refractivity contribution in [1.29, 1.82) is 0 Å². The smallest absolute Gasteiger partial charge is 0.251 e. The van der Waals surface area contributed by atoms with Gasteiger partial charge in [-0.1, -0.05) is 0 Å². The minimum Gasteiger partial charge on any atom is -0.347 e. The molecule has 4 heterocycles. The highest BCUT2D eigenvalue weighted by Crippen LogP contribution is 2.38. The molecule has 12 heteroatoms. The van der Waals surface area contributed by atoms with Crippen LogP contribution in [0.25, 0.3) is 0 Å². The zero-order valence-corrected chi connectivity index (χ0v) is 18.9. The van der Waals surface area contributed by atoms with Crippen molar-refractivity contribution in [3.8, 4) is 0 Å². The minimum absolute atomic E-state index is 0.165. The van der Waals surface area contributed by atoms with Crippen LogP contribution >= 0.6 is 0 Å². The predicted octanol–water partition coefficient (Wildman–Crippen LogP) is 1.75. The van der Waals surface area contributed by atoms with Crippen LogP contribution in [0.4, 0.5) is 29.5 Å². The van der Waals surface area contributed by atoms with Crippen molar-refractivity contribution in [3.05, 3.63) is 30.9 Å². The number of nitrogens with one attached hydrogen (secondary N) is 2. The Kier molecular flexibility index (Phi) is 5.27. The number of hydrogen-bond donors (Lipinski definition) is 2. The lowest BCUT2D eigenvalue weighted by Gasteiger charge is -2.34. The van der Waals surface area contributed by atoms with E-state index in [4.69, 9.17) is 15.0 Å². The van der Waals surface area contributed by atoms with Gasteiger partial charge in [0.1, 0.15) is 11.4 Å².